The molecule has 2 aromatic rings. The minimum absolute atomic E-state index is 0.426. The van der Waals surface area contributed by atoms with Crippen molar-refractivity contribution in [2.45, 2.75) is 6.92 Å². The van der Waals surface area contributed by atoms with Gasteiger partial charge in [-0.05, 0) is 58.7 Å². The fourth-order valence-corrected chi connectivity index (χ4v) is 2.30. The predicted octanol–water partition coefficient (Wildman–Crippen LogP) is 4.09. The van der Waals surface area contributed by atoms with Gasteiger partial charge in [-0.2, -0.15) is 5.26 Å². The van der Waals surface area contributed by atoms with Crippen LogP contribution >= 0.6 is 15.9 Å². The molecule has 0 aromatic heterocycles. The maximum Gasteiger partial charge on any atom is 0.133 e. The highest BCUT2D eigenvalue weighted by Gasteiger charge is 2.01. The highest BCUT2D eigenvalue weighted by molar-refractivity contribution is 9.10. The van der Waals surface area contributed by atoms with Crippen LogP contribution in [0.15, 0.2) is 46.9 Å². The van der Waals surface area contributed by atoms with E-state index in [1.807, 2.05) is 31.2 Å². The number of rotatable bonds is 5. The molecule has 0 unspecified atom stereocenters. The highest BCUT2D eigenvalue weighted by Crippen LogP contribution is 2.25. The van der Waals surface area contributed by atoms with Gasteiger partial charge in [0, 0.05) is 0 Å². The van der Waals surface area contributed by atoms with Crippen LogP contribution in [-0.2, 0) is 0 Å². The van der Waals surface area contributed by atoms with Gasteiger partial charge >= 0.3 is 0 Å². The highest BCUT2D eigenvalue weighted by atomic mass is 79.9. The lowest BCUT2D eigenvalue weighted by molar-refractivity contribution is 0.216. The van der Waals surface area contributed by atoms with Crippen LogP contribution in [0.2, 0.25) is 0 Å². The maximum atomic E-state index is 8.80. The van der Waals surface area contributed by atoms with Gasteiger partial charge in [-0.1, -0.05) is 12.1 Å². The number of aryl methyl sites for hydroxylation is 1. The van der Waals surface area contributed by atoms with E-state index in [1.54, 1.807) is 18.2 Å². The molecule has 0 bridgehead atoms. The number of ether oxygens (including phenoxy) is 2. The molecule has 2 rings (SSSR count). The molecule has 0 atom stereocenters. The number of nitrogens with zero attached hydrogens (tertiary/aromatic N) is 1. The summed E-state index contributed by atoms with van der Waals surface area (Å²) in [5.41, 5.74) is 1.76. The Morgan fingerprint density at radius 3 is 2.65 bits per heavy atom. The Labute approximate surface area is 126 Å². The van der Waals surface area contributed by atoms with Crippen molar-refractivity contribution < 1.29 is 9.47 Å². The van der Waals surface area contributed by atoms with Gasteiger partial charge in [-0.25, -0.2) is 0 Å². The Balaban J connectivity index is 1.83. The number of hydrogen-bond acceptors (Lipinski definition) is 3. The van der Waals surface area contributed by atoms with Crippen LogP contribution in [0.1, 0.15) is 11.1 Å². The van der Waals surface area contributed by atoms with E-state index in [9.17, 15) is 0 Å². The van der Waals surface area contributed by atoms with E-state index in [2.05, 4.69) is 22.0 Å². The third-order valence-corrected chi connectivity index (χ3v) is 3.28. The van der Waals surface area contributed by atoms with Crippen molar-refractivity contribution in [3.8, 4) is 17.6 Å². The first-order valence-electron chi connectivity index (χ1n) is 6.21. The van der Waals surface area contributed by atoms with E-state index in [1.165, 1.54) is 5.56 Å². The molecule has 0 saturated heterocycles. The molecule has 0 heterocycles. The number of halogens is 1. The van der Waals surface area contributed by atoms with Crippen molar-refractivity contribution in [2.24, 2.45) is 0 Å². The van der Waals surface area contributed by atoms with Crippen molar-refractivity contribution in [1.82, 2.24) is 0 Å². The van der Waals surface area contributed by atoms with Gasteiger partial charge in [-0.3, -0.25) is 0 Å². The van der Waals surface area contributed by atoms with Gasteiger partial charge < -0.3 is 9.47 Å². The third kappa shape index (κ3) is 4.01. The normalized spacial score (nSPS) is 9.85. The fourth-order valence-electron chi connectivity index (χ4n) is 1.69. The Morgan fingerprint density at radius 2 is 1.90 bits per heavy atom. The van der Waals surface area contributed by atoms with Crippen LogP contribution in [-0.4, -0.2) is 13.2 Å². The second-order valence-corrected chi connectivity index (χ2v) is 5.12. The second-order valence-electron chi connectivity index (χ2n) is 4.27. The lowest BCUT2D eigenvalue weighted by Crippen LogP contribution is -2.09. The van der Waals surface area contributed by atoms with E-state index in [0.717, 1.165) is 10.2 Å². The van der Waals surface area contributed by atoms with Crippen LogP contribution < -0.4 is 9.47 Å². The predicted molar refractivity (Wildman–Crippen MR) is 81.0 cm³/mol. The van der Waals surface area contributed by atoms with E-state index in [0.29, 0.717) is 24.5 Å². The number of hydrogen-bond donors (Lipinski definition) is 0. The van der Waals surface area contributed by atoms with Crippen molar-refractivity contribution in [2.75, 3.05) is 13.2 Å². The van der Waals surface area contributed by atoms with Gasteiger partial charge in [0.05, 0.1) is 16.1 Å². The summed E-state index contributed by atoms with van der Waals surface area (Å²) >= 11 is 3.46. The molecular weight excluding hydrogens is 318 g/mol. The van der Waals surface area contributed by atoms with Gasteiger partial charge in [-0.15, -0.1) is 0 Å². The lowest BCUT2D eigenvalue weighted by atomic mass is 10.2. The zero-order valence-electron chi connectivity index (χ0n) is 11.1. The molecule has 3 nitrogen and oxygen atoms in total. The molecule has 0 aliphatic carbocycles. The minimum atomic E-state index is 0.426. The average Bonchev–Trinajstić information content (AvgIpc) is 2.45. The molecule has 102 valence electrons. The standard InChI is InChI=1S/C16H14BrNO2/c1-12-5-6-16(15(17)9-12)20-8-7-19-14-4-2-3-13(10-14)11-18/h2-6,9-10H,7-8H2,1H3. The summed E-state index contributed by atoms with van der Waals surface area (Å²) in [6.07, 6.45) is 0. The van der Waals surface area contributed by atoms with E-state index >= 15 is 0 Å². The largest absolute Gasteiger partial charge is 0.490 e. The summed E-state index contributed by atoms with van der Waals surface area (Å²) in [5, 5.41) is 8.80. The maximum absolute atomic E-state index is 8.80. The summed E-state index contributed by atoms with van der Waals surface area (Å²) in [6.45, 7) is 2.90. The summed E-state index contributed by atoms with van der Waals surface area (Å²) in [5.74, 6) is 1.47. The SMILES string of the molecule is Cc1ccc(OCCOc2cccc(C#N)c2)c(Br)c1. The zero-order valence-corrected chi connectivity index (χ0v) is 12.7. The minimum Gasteiger partial charge on any atom is -0.490 e. The van der Waals surface area contributed by atoms with Crippen molar-refractivity contribution >= 4 is 15.9 Å². The van der Waals surface area contributed by atoms with Crippen LogP contribution in [0.3, 0.4) is 0 Å². The van der Waals surface area contributed by atoms with Crippen molar-refractivity contribution in [1.29, 1.82) is 5.26 Å². The molecule has 0 amide bonds. The lowest BCUT2D eigenvalue weighted by Gasteiger charge is -2.10. The molecule has 20 heavy (non-hydrogen) atoms. The smallest absolute Gasteiger partial charge is 0.133 e. The Hall–Kier alpha value is -1.99. The first-order valence-corrected chi connectivity index (χ1v) is 7.00. The first kappa shape index (κ1) is 14.4. The van der Waals surface area contributed by atoms with Gasteiger partial charge in [0.25, 0.3) is 0 Å². The Morgan fingerprint density at radius 1 is 1.10 bits per heavy atom. The molecule has 0 aliphatic heterocycles. The topological polar surface area (TPSA) is 42.2 Å². The summed E-state index contributed by atoms with van der Waals surface area (Å²) < 4.78 is 12.1. The molecule has 2 aromatic carbocycles. The van der Waals surface area contributed by atoms with E-state index < -0.39 is 0 Å². The quantitative estimate of drug-likeness (QED) is 0.775. The van der Waals surface area contributed by atoms with Crippen molar-refractivity contribution in [3.05, 3.63) is 58.1 Å². The van der Waals surface area contributed by atoms with Crippen LogP contribution in [0.25, 0.3) is 0 Å². The van der Waals surface area contributed by atoms with Gasteiger partial charge in [0.15, 0.2) is 0 Å². The average molecular weight is 332 g/mol. The second kappa shape index (κ2) is 6.97. The first-order chi connectivity index (χ1) is 9.69. The Kier molecular flexibility index (Phi) is 5.03. The third-order valence-electron chi connectivity index (χ3n) is 2.66. The van der Waals surface area contributed by atoms with Gasteiger partial charge in [0.2, 0.25) is 0 Å². The Bertz CT molecular complexity index is 635. The number of benzene rings is 2. The van der Waals surface area contributed by atoms with Crippen LogP contribution in [0.4, 0.5) is 0 Å². The molecule has 4 heteroatoms. The molecule has 0 aliphatic rings. The molecule has 0 N–H and O–H groups in total. The molecule has 0 spiro atoms. The summed E-state index contributed by atoms with van der Waals surface area (Å²) in [4.78, 5) is 0. The van der Waals surface area contributed by atoms with Crippen molar-refractivity contribution in [3.63, 3.8) is 0 Å². The van der Waals surface area contributed by atoms with Crippen LogP contribution in [0.5, 0.6) is 11.5 Å². The molecular formula is C16H14BrNO2. The monoisotopic (exact) mass is 331 g/mol. The summed E-state index contributed by atoms with van der Waals surface area (Å²) in [7, 11) is 0. The van der Waals surface area contributed by atoms with E-state index in [4.69, 9.17) is 14.7 Å². The fraction of sp³-hybridized carbons (Fsp3) is 0.188. The van der Waals surface area contributed by atoms with Gasteiger partial charge in [0.1, 0.15) is 24.7 Å². The van der Waals surface area contributed by atoms with E-state index in [-0.39, 0.29) is 0 Å². The van der Waals surface area contributed by atoms with Crippen LogP contribution in [0, 0.1) is 18.3 Å². The number of nitriles is 1. The summed E-state index contributed by atoms with van der Waals surface area (Å²) in [6, 6.07) is 15.1. The molecule has 0 saturated carbocycles. The zero-order chi connectivity index (χ0) is 14.4. The molecule has 0 radical (unpaired) electrons. The molecule has 0 fully saturated rings.